The number of benzene rings is 1. The highest BCUT2D eigenvalue weighted by molar-refractivity contribution is 7.99. The quantitative estimate of drug-likeness (QED) is 0.659. The van der Waals surface area contributed by atoms with Crippen molar-refractivity contribution in [1.82, 2.24) is 5.32 Å². The van der Waals surface area contributed by atoms with E-state index >= 15 is 0 Å². The van der Waals surface area contributed by atoms with Gasteiger partial charge < -0.3 is 4.74 Å². The van der Waals surface area contributed by atoms with Gasteiger partial charge in [0.15, 0.2) is 6.23 Å². The first-order chi connectivity index (χ1) is 10.4. The van der Waals surface area contributed by atoms with Crippen LogP contribution in [0.2, 0.25) is 0 Å². The largest absolute Gasteiger partial charge is 0.474 e. The minimum absolute atomic E-state index is 0.172. The summed E-state index contributed by atoms with van der Waals surface area (Å²) in [5, 5.41) is 3.56. The molecule has 2 rings (SSSR count). The van der Waals surface area contributed by atoms with Crippen molar-refractivity contribution >= 4 is 23.5 Å². The molecule has 0 aliphatic carbocycles. The third kappa shape index (κ3) is 6.54. The van der Waals surface area contributed by atoms with Crippen LogP contribution in [0.25, 0.3) is 0 Å². The Morgan fingerprint density at radius 1 is 1.24 bits per heavy atom. The highest BCUT2D eigenvalue weighted by atomic mass is 32.2. The maximum atomic E-state index is 6.08. The van der Waals surface area contributed by atoms with E-state index in [2.05, 4.69) is 48.3 Å². The summed E-state index contributed by atoms with van der Waals surface area (Å²) >= 11 is 3.99. The van der Waals surface area contributed by atoms with Crippen LogP contribution in [0.5, 0.6) is 5.75 Å². The van der Waals surface area contributed by atoms with Crippen molar-refractivity contribution in [2.75, 3.05) is 23.8 Å². The monoisotopic (exact) mass is 325 g/mol. The van der Waals surface area contributed by atoms with Gasteiger partial charge in [0.25, 0.3) is 0 Å². The highest BCUT2D eigenvalue weighted by Crippen LogP contribution is 2.33. The first-order valence-electron chi connectivity index (χ1n) is 8.09. The number of fused-ring (bicyclic) bond motifs is 1. The Kier molecular flexibility index (Phi) is 8.45. The van der Waals surface area contributed by atoms with Crippen molar-refractivity contribution in [3.63, 3.8) is 0 Å². The van der Waals surface area contributed by atoms with E-state index in [1.165, 1.54) is 42.1 Å². The molecule has 118 valence electrons. The zero-order valence-electron chi connectivity index (χ0n) is 13.0. The predicted octanol–water partition coefficient (Wildman–Crippen LogP) is 4.79. The van der Waals surface area contributed by atoms with Crippen LogP contribution in [-0.2, 0) is 0 Å². The zero-order chi connectivity index (χ0) is 14.8. The lowest BCUT2D eigenvalue weighted by atomic mass is 10.3. The lowest BCUT2D eigenvalue weighted by Gasteiger charge is -2.18. The van der Waals surface area contributed by atoms with E-state index in [-0.39, 0.29) is 6.23 Å². The molecule has 0 saturated carbocycles. The molecule has 0 spiro atoms. The van der Waals surface area contributed by atoms with Crippen LogP contribution in [0.3, 0.4) is 0 Å². The van der Waals surface area contributed by atoms with Crippen LogP contribution in [-0.4, -0.2) is 30.0 Å². The lowest BCUT2D eigenvalue weighted by Crippen LogP contribution is -2.35. The molecule has 2 nitrogen and oxygen atoms in total. The summed E-state index contributed by atoms with van der Waals surface area (Å²) in [6, 6.07) is 8.36. The molecular formula is C17H27NOS2. The molecule has 4 heteroatoms. The van der Waals surface area contributed by atoms with E-state index in [1.54, 1.807) is 0 Å². The van der Waals surface area contributed by atoms with E-state index in [0.717, 1.165) is 24.5 Å². The Morgan fingerprint density at radius 2 is 2.10 bits per heavy atom. The fourth-order valence-corrected chi connectivity index (χ4v) is 4.24. The van der Waals surface area contributed by atoms with Gasteiger partial charge in [-0.15, -0.1) is 11.8 Å². The van der Waals surface area contributed by atoms with Gasteiger partial charge in [0.1, 0.15) is 5.75 Å². The number of hydrogen-bond donors (Lipinski definition) is 1. The third-order valence-corrected chi connectivity index (χ3v) is 5.73. The Morgan fingerprint density at radius 3 is 3.00 bits per heavy atom. The van der Waals surface area contributed by atoms with Crippen LogP contribution >= 0.6 is 23.5 Å². The second-order valence-corrected chi connectivity index (χ2v) is 7.68. The van der Waals surface area contributed by atoms with E-state index in [1.807, 2.05) is 11.8 Å². The first kappa shape index (κ1) is 17.0. The first-order valence-corrected chi connectivity index (χ1v) is 10.2. The molecule has 1 unspecified atom stereocenters. The van der Waals surface area contributed by atoms with E-state index in [9.17, 15) is 0 Å². The second kappa shape index (κ2) is 10.4. The smallest absolute Gasteiger partial charge is 0.151 e. The average Bonchev–Trinajstić information content (AvgIpc) is 2.71. The minimum Gasteiger partial charge on any atom is -0.474 e. The summed E-state index contributed by atoms with van der Waals surface area (Å²) in [6.07, 6.45) is 6.54. The van der Waals surface area contributed by atoms with Gasteiger partial charge in [0.05, 0.1) is 0 Å². The van der Waals surface area contributed by atoms with Gasteiger partial charge in [-0.3, -0.25) is 5.32 Å². The summed E-state index contributed by atoms with van der Waals surface area (Å²) < 4.78 is 6.08. The standard InChI is InChI=1S/C17H27NOS2/c1-2-3-6-12-20-13-7-11-18-17-10-14-21-16-9-5-4-8-15(16)19-17/h4-5,8-9,17-18H,2-3,6-7,10-14H2,1H3. The number of rotatable bonds is 9. The Balaban J connectivity index is 1.59. The van der Waals surface area contributed by atoms with Crippen LogP contribution in [0.15, 0.2) is 29.2 Å². The van der Waals surface area contributed by atoms with Gasteiger partial charge >= 0.3 is 0 Å². The molecular weight excluding hydrogens is 298 g/mol. The van der Waals surface area contributed by atoms with Crippen LogP contribution < -0.4 is 10.1 Å². The van der Waals surface area contributed by atoms with Gasteiger partial charge in [-0.2, -0.15) is 11.8 Å². The molecule has 0 radical (unpaired) electrons. The normalized spacial score (nSPS) is 17.9. The van der Waals surface area contributed by atoms with Crippen molar-refractivity contribution in [3.8, 4) is 5.75 Å². The highest BCUT2D eigenvalue weighted by Gasteiger charge is 2.16. The molecule has 1 N–H and O–H groups in total. The average molecular weight is 326 g/mol. The number of unbranched alkanes of at least 4 members (excludes halogenated alkanes) is 2. The predicted molar refractivity (Wildman–Crippen MR) is 95.7 cm³/mol. The summed E-state index contributed by atoms with van der Waals surface area (Å²) in [4.78, 5) is 1.27. The molecule has 21 heavy (non-hydrogen) atoms. The molecule has 1 aromatic rings. The third-order valence-electron chi connectivity index (χ3n) is 3.49. The molecule has 1 aliphatic heterocycles. The molecule has 0 amide bonds. The number of hydrogen-bond acceptors (Lipinski definition) is 4. The van der Waals surface area contributed by atoms with Crippen LogP contribution in [0.4, 0.5) is 0 Å². The molecule has 0 bridgehead atoms. The van der Waals surface area contributed by atoms with E-state index < -0.39 is 0 Å². The maximum Gasteiger partial charge on any atom is 0.151 e. The summed E-state index contributed by atoms with van der Waals surface area (Å²) in [5.41, 5.74) is 0. The molecule has 1 atom stereocenters. The van der Waals surface area contributed by atoms with Crippen LogP contribution in [0, 0.1) is 0 Å². The van der Waals surface area contributed by atoms with Gasteiger partial charge in [0, 0.05) is 17.1 Å². The molecule has 0 aromatic heterocycles. The molecule has 0 fully saturated rings. The number of para-hydroxylation sites is 1. The summed E-state index contributed by atoms with van der Waals surface area (Å²) in [6.45, 7) is 3.32. The zero-order valence-corrected chi connectivity index (χ0v) is 14.6. The van der Waals surface area contributed by atoms with Gasteiger partial charge in [-0.05, 0) is 43.0 Å². The number of nitrogens with one attached hydrogen (secondary N) is 1. The molecule has 1 aromatic carbocycles. The fourth-order valence-electron chi connectivity index (χ4n) is 2.29. The molecule has 0 saturated heterocycles. The molecule has 1 heterocycles. The lowest BCUT2D eigenvalue weighted by molar-refractivity contribution is 0.159. The molecule has 1 aliphatic rings. The van der Waals surface area contributed by atoms with E-state index in [0.29, 0.717) is 0 Å². The maximum absolute atomic E-state index is 6.08. The Labute approximate surface area is 137 Å². The fraction of sp³-hybridized carbons (Fsp3) is 0.647. The van der Waals surface area contributed by atoms with Crippen molar-refractivity contribution in [2.45, 2.75) is 50.2 Å². The van der Waals surface area contributed by atoms with Crippen molar-refractivity contribution in [3.05, 3.63) is 24.3 Å². The van der Waals surface area contributed by atoms with Gasteiger partial charge in [0.2, 0.25) is 0 Å². The second-order valence-electron chi connectivity index (χ2n) is 5.32. The SMILES string of the molecule is CCCCCSCCCNC1CCSc2ccccc2O1. The van der Waals surface area contributed by atoms with Crippen molar-refractivity contribution in [1.29, 1.82) is 0 Å². The number of thioether (sulfide) groups is 2. The van der Waals surface area contributed by atoms with Crippen molar-refractivity contribution < 1.29 is 4.74 Å². The number of ether oxygens (including phenoxy) is 1. The van der Waals surface area contributed by atoms with Crippen molar-refractivity contribution in [2.24, 2.45) is 0 Å². The van der Waals surface area contributed by atoms with E-state index in [4.69, 9.17) is 4.74 Å². The topological polar surface area (TPSA) is 21.3 Å². The summed E-state index contributed by atoms with van der Waals surface area (Å²) in [5.74, 6) is 4.74. The minimum atomic E-state index is 0.172. The van der Waals surface area contributed by atoms with Gasteiger partial charge in [-0.1, -0.05) is 31.9 Å². The Hall–Kier alpha value is -0.320. The van der Waals surface area contributed by atoms with Crippen LogP contribution in [0.1, 0.15) is 39.0 Å². The van der Waals surface area contributed by atoms with Gasteiger partial charge in [-0.25, -0.2) is 0 Å². The Bertz CT molecular complexity index is 400. The summed E-state index contributed by atoms with van der Waals surface area (Å²) in [7, 11) is 0.